The van der Waals surface area contributed by atoms with Crippen molar-refractivity contribution in [3.63, 3.8) is 0 Å². The van der Waals surface area contributed by atoms with Crippen LogP contribution in [0.1, 0.15) is 63.9 Å². The molecule has 59 heavy (non-hydrogen) atoms. The lowest BCUT2D eigenvalue weighted by Gasteiger charge is -2.21. The van der Waals surface area contributed by atoms with Crippen LogP contribution in [0.2, 0.25) is 0 Å². The molecule has 0 aliphatic rings. The van der Waals surface area contributed by atoms with Crippen molar-refractivity contribution in [1.29, 1.82) is 0 Å². The van der Waals surface area contributed by atoms with Gasteiger partial charge in [-0.3, -0.25) is 9.59 Å². The minimum Gasteiger partial charge on any atom is -0.494 e. The Labute approximate surface area is 334 Å². The summed E-state index contributed by atoms with van der Waals surface area (Å²) in [4.78, 5) is 51.2. The van der Waals surface area contributed by atoms with Crippen LogP contribution in [0.5, 0.6) is 23.0 Å². The van der Waals surface area contributed by atoms with Gasteiger partial charge >= 0.3 is 24.3 Å². The van der Waals surface area contributed by atoms with Crippen LogP contribution in [0.25, 0.3) is 12.2 Å². The highest BCUT2D eigenvalue weighted by atomic mass is 19.4. The van der Waals surface area contributed by atoms with Crippen molar-refractivity contribution in [2.45, 2.75) is 50.1 Å². The van der Waals surface area contributed by atoms with Gasteiger partial charge in [0.05, 0.1) is 24.3 Å². The maximum Gasteiger partial charge on any atom is 0.389 e. The molecule has 0 aromatic heterocycles. The van der Waals surface area contributed by atoms with Crippen LogP contribution >= 0.6 is 0 Å². The van der Waals surface area contributed by atoms with Crippen LogP contribution in [0.4, 0.5) is 26.3 Å². The van der Waals surface area contributed by atoms with Crippen molar-refractivity contribution in [2.75, 3.05) is 19.8 Å². The lowest BCUT2D eigenvalue weighted by molar-refractivity contribution is -0.146. The molecule has 4 aromatic rings. The Morgan fingerprint density at radius 1 is 0.508 bits per heavy atom. The van der Waals surface area contributed by atoms with Crippen LogP contribution in [0.15, 0.2) is 109 Å². The summed E-state index contributed by atoms with van der Waals surface area (Å²) < 4.78 is 94.9. The Kier molecular flexibility index (Phi) is 16.1. The highest BCUT2D eigenvalue weighted by molar-refractivity contribution is 6.20. The van der Waals surface area contributed by atoms with Crippen LogP contribution < -0.4 is 18.9 Å². The quantitative estimate of drug-likeness (QED) is 0.0222. The SMILES string of the molecule is O=C(Oc1ccc(/C=C/C(=O)C(O)(CCO)C(=O)/C=C/c2ccc(OC(=O)c3ccc(OCCCC(F)(F)F)cc3)cc2)cc1)c1ccc(OCCCC(F)(F)F)cc1. The third kappa shape index (κ3) is 15.2. The van der Waals surface area contributed by atoms with Gasteiger partial charge in [0.1, 0.15) is 23.0 Å². The lowest BCUT2D eigenvalue weighted by atomic mass is 9.88. The molecule has 0 aliphatic carbocycles. The number of aliphatic hydroxyl groups excluding tert-OH is 1. The molecule has 0 amide bonds. The highest BCUT2D eigenvalue weighted by Crippen LogP contribution is 2.25. The fraction of sp³-hybridized carbons (Fsp3) is 0.256. The number of alkyl halides is 6. The van der Waals surface area contributed by atoms with Crippen molar-refractivity contribution >= 4 is 35.7 Å². The molecule has 4 aromatic carbocycles. The smallest absolute Gasteiger partial charge is 0.389 e. The van der Waals surface area contributed by atoms with Gasteiger partial charge in [-0.05, 0) is 109 Å². The summed E-state index contributed by atoms with van der Waals surface area (Å²) in [6, 6.07) is 23.0. The van der Waals surface area contributed by atoms with E-state index in [1.54, 1.807) is 0 Å². The summed E-state index contributed by atoms with van der Waals surface area (Å²) in [5, 5.41) is 20.6. The van der Waals surface area contributed by atoms with E-state index in [1.165, 1.54) is 109 Å². The molecule has 0 radical (unpaired) electrons. The van der Waals surface area contributed by atoms with E-state index in [9.17, 15) is 55.7 Å². The number of carbonyl (C=O) groups excluding carboxylic acids is 4. The average molecular weight is 829 g/mol. The molecule has 0 atom stereocenters. The van der Waals surface area contributed by atoms with Crippen LogP contribution in [0.3, 0.4) is 0 Å². The van der Waals surface area contributed by atoms with Gasteiger partial charge in [-0.2, -0.15) is 26.3 Å². The normalized spacial score (nSPS) is 12.1. The molecule has 0 aliphatic heterocycles. The Bertz CT molecular complexity index is 1930. The second kappa shape index (κ2) is 20.9. The van der Waals surface area contributed by atoms with Gasteiger partial charge in [0.2, 0.25) is 0 Å². The number of carbonyl (C=O) groups is 4. The maximum atomic E-state index is 13.0. The van der Waals surface area contributed by atoms with Crippen LogP contribution in [-0.4, -0.2) is 71.5 Å². The number of ketones is 2. The minimum absolute atomic E-state index is 0.145. The standard InChI is InChI=1S/C43H38F6O10/c44-42(45,46)23-1-27-56-33-17-9-31(10-18-33)39(53)58-35-13-3-29(4-14-35)7-21-37(51)41(55,25-26-50)38(52)22-8-30-5-15-36(16-6-30)59-40(54)32-11-19-34(20-12-32)57-28-2-24-43(47,48)49/h3-22,50,55H,1-2,23-28H2/b21-7+,22-8+. The topological polar surface area (TPSA) is 146 Å². The number of aliphatic hydroxyl groups is 2. The fourth-order valence-electron chi connectivity index (χ4n) is 5.07. The first-order valence-corrected chi connectivity index (χ1v) is 18.0. The fourth-order valence-corrected chi connectivity index (χ4v) is 5.07. The number of halogens is 6. The summed E-state index contributed by atoms with van der Waals surface area (Å²) >= 11 is 0. The Balaban J connectivity index is 1.27. The molecule has 0 unspecified atom stereocenters. The van der Waals surface area contributed by atoms with E-state index in [4.69, 9.17) is 18.9 Å². The molecule has 0 saturated carbocycles. The Hall–Kier alpha value is -6.26. The molecule has 0 heterocycles. The summed E-state index contributed by atoms with van der Waals surface area (Å²) in [7, 11) is 0. The molecule has 2 N–H and O–H groups in total. The zero-order valence-electron chi connectivity index (χ0n) is 31.1. The number of hydrogen-bond donors (Lipinski definition) is 2. The van der Waals surface area contributed by atoms with Crippen molar-refractivity contribution < 1.29 is 74.7 Å². The number of benzene rings is 4. The molecule has 16 heteroatoms. The van der Waals surface area contributed by atoms with E-state index in [0.717, 1.165) is 12.2 Å². The molecule has 0 spiro atoms. The van der Waals surface area contributed by atoms with Gasteiger partial charge in [-0.25, -0.2) is 9.59 Å². The first-order chi connectivity index (χ1) is 27.9. The molecule has 0 saturated heterocycles. The zero-order chi connectivity index (χ0) is 43.1. The van der Waals surface area contributed by atoms with E-state index >= 15 is 0 Å². The molecule has 312 valence electrons. The van der Waals surface area contributed by atoms with Gasteiger partial charge in [-0.15, -0.1) is 0 Å². The summed E-state index contributed by atoms with van der Waals surface area (Å²) in [5.41, 5.74) is -1.42. The van der Waals surface area contributed by atoms with E-state index < -0.39 is 67.3 Å². The summed E-state index contributed by atoms with van der Waals surface area (Å²) in [6.45, 7) is -0.980. The number of ether oxygens (including phenoxy) is 4. The van der Waals surface area contributed by atoms with Gasteiger partial charge in [0, 0.05) is 25.9 Å². The number of esters is 2. The van der Waals surface area contributed by atoms with E-state index in [1.807, 2.05) is 0 Å². The minimum atomic E-state index is -4.27. The maximum absolute atomic E-state index is 13.0. The third-order valence-electron chi connectivity index (χ3n) is 8.25. The first-order valence-electron chi connectivity index (χ1n) is 18.0. The van der Waals surface area contributed by atoms with Gasteiger partial charge in [0.15, 0.2) is 17.2 Å². The van der Waals surface area contributed by atoms with Crippen LogP contribution in [-0.2, 0) is 9.59 Å². The molecule has 4 rings (SSSR count). The van der Waals surface area contributed by atoms with Crippen LogP contribution in [0, 0.1) is 0 Å². The largest absolute Gasteiger partial charge is 0.494 e. The monoisotopic (exact) mass is 828 g/mol. The average Bonchev–Trinajstić information content (AvgIpc) is 3.20. The van der Waals surface area contributed by atoms with E-state index in [0.29, 0.717) is 11.1 Å². The predicted octanol–water partition coefficient (Wildman–Crippen LogP) is 8.55. The van der Waals surface area contributed by atoms with E-state index in [2.05, 4.69) is 0 Å². The van der Waals surface area contributed by atoms with Crippen molar-refractivity contribution in [3.8, 4) is 23.0 Å². The predicted molar refractivity (Wildman–Crippen MR) is 202 cm³/mol. The third-order valence-corrected chi connectivity index (χ3v) is 8.25. The molecular formula is C43H38F6O10. The molecule has 0 bridgehead atoms. The lowest BCUT2D eigenvalue weighted by Crippen LogP contribution is -2.45. The number of hydrogen-bond acceptors (Lipinski definition) is 10. The van der Waals surface area contributed by atoms with Gasteiger partial charge < -0.3 is 29.2 Å². The summed E-state index contributed by atoms with van der Waals surface area (Å²) in [6.07, 6.45) is -6.94. The Morgan fingerprint density at radius 3 is 1.17 bits per heavy atom. The highest BCUT2D eigenvalue weighted by Gasteiger charge is 2.40. The van der Waals surface area contributed by atoms with E-state index in [-0.39, 0.29) is 60.2 Å². The Morgan fingerprint density at radius 2 is 0.847 bits per heavy atom. The van der Waals surface area contributed by atoms with Gasteiger partial charge in [-0.1, -0.05) is 36.4 Å². The van der Waals surface area contributed by atoms with Crippen molar-refractivity contribution in [3.05, 3.63) is 131 Å². The second-order valence-electron chi connectivity index (χ2n) is 12.8. The molecule has 10 nitrogen and oxygen atoms in total. The summed E-state index contributed by atoms with van der Waals surface area (Å²) in [5.74, 6) is -2.58. The first kappa shape index (κ1) is 45.4. The molecule has 0 fully saturated rings. The molecular weight excluding hydrogens is 790 g/mol. The number of rotatable bonds is 20. The van der Waals surface area contributed by atoms with Gasteiger partial charge in [0.25, 0.3) is 0 Å². The van der Waals surface area contributed by atoms with Crippen molar-refractivity contribution in [2.24, 2.45) is 0 Å². The zero-order valence-corrected chi connectivity index (χ0v) is 31.1. The second-order valence-corrected chi connectivity index (χ2v) is 12.8. The van der Waals surface area contributed by atoms with Crippen molar-refractivity contribution in [1.82, 2.24) is 0 Å².